The normalized spacial score (nSPS) is 31.1. The van der Waals surface area contributed by atoms with E-state index in [4.69, 9.17) is 0 Å². The van der Waals surface area contributed by atoms with Gasteiger partial charge in [0.05, 0.1) is 11.3 Å². The van der Waals surface area contributed by atoms with Crippen LogP contribution in [0, 0.1) is 16.7 Å². The van der Waals surface area contributed by atoms with Crippen molar-refractivity contribution in [1.82, 2.24) is 0 Å². The molecule has 0 aliphatic heterocycles. The molecule has 4 heteroatoms. The van der Waals surface area contributed by atoms with E-state index in [1.54, 1.807) is 0 Å². The third-order valence-corrected chi connectivity index (χ3v) is 3.93. The van der Waals surface area contributed by atoms with Crippen molar-refractivity contribution in [2.45, 2.75) is 46.5 Å². The summed E-state index contributed by atoms with van der Waals surface area (Å²) in [4.78, 5) is 22.8. The molecular formula is C12H20O4. The lowest BCUT2D eigenvalue weighted by Gasteiger charge is -2.47. The Balaban J connectivity index is 3.25. The first-order valence-electron chi connectivity index (χ1n) is 5.69. The van der Waals surface area contributed by atoms with Gasteiger partial charge < -0.3 is 10.2 Å². The molecule has 2 N–H and O–H groups in total. The van der Waals surface area contributed by atoms with Crippen molar-refractivity contribution in [3.05, 3.63) is 0 Å². The second-order valence-electron chi connectivity index (χ2n) is 5.66. The van der Waals surface area contributed by atoms with Crippen molar-refractivity contribution in [3.8, 4) is 0 Å². The standard InChI is InChI=1S/C12H20O4/c1-11(2,3)12(10(15)16)7-5-4-6-8(12)9(13)14/h8H,4-7H2,1-3H3,(H,13,14)(H,15,16). The summed E-state index contributed by atoms with van der Waals surface area (Å²) in [5, 5.41) is 18.7. The Morgan fingerprint density at radius 1 is 1.19 bits per heavy atom. The van der Waals surface area contributed by atoms with Gasteiger partial charge in [0.1, 0.15) is 0 Å². The van der Waals surface area contributed by atoms with Crippen LogP contribution in [0.3, 0.4) is 0 Å². The fourth-order valence-corrected chi connectivity index (χ4v) is 2.98. The lowest BCUT2D eigenvalue weighted by Crippen LogP contribution is -2.53. The summed E-state index contributed by atoms with van der Waals surface area (Å²) >= 11 is 0. The average molecular weight is 228 g/mol. The van der Waals surface area contributed by atoms with E-state index in [9.17, 15) is 19.8 Å². The molecule has 1 rings (SSSR count). The third-order valence-electron chi connectivity index (χ3n) is 3.93. The summed E-state index contributed by atoms with van der Waals surface area (Å²) in [6, 6.07) is 0. The second-order valence-corrected chi connectivity index (χ2v) is 5.66. The van der Waals surface area contributed by atoms with E-state index in [0.717, 1.165) is 12.8 Å². The second kappa shape index (κ2) is 4.07. The maximum Gasteiger partial charge on any atom is 0.311 e. The minimum absolute atomic E-state index is 0.461. The van der Waals surface area contributed by atoms with Gasteiger partial charge in [-0.25, -0.2) is 0 Å². The van der Waals surface area contributed by atoms with Gasteiger partial charge in [0.15, 0.2) is 0 Å². The number of aliphatic carboxylic acids is 2. The zero-order chi connectivity index (χ0) is 12.6. The predicted octanol–water partition coefficient (Wildman–Crippen LogP) is 2.38. The number of carbonyl (C=O) groups is 2. The zero-order valence-corrected chi connectivity index (χ0v) is 10.1. The van der Waals surface area contributed by atoms with Crippen LogP contribution in [0.4, 0.5) is 0 Å². The van der Waals surface area contributed by atoms with Crippen molar-refractivity contribution >= 4 is 11.9 Å². The molecule has 1 aliphatic rings. The summed E-state index contributed by atoms with van der Waals surface area (Å²) < 4.78 is 0. The molecule has 0 aromatic carbocycles. The van der Waals surface area contributed by atoms with Crippen LogP contribution in [0.15, 0.2) is 0 Å². The molecule has 0 amide bonds. The molecule has 4 nitrogen and oxygen atoms in total. The largest absolute Gasteiger partial charge is 0.481 e. The number of hydrogen-bond donors (Lipinski definition) is 2. The van der Waals surface area contributed by atoms with Crippen LogP contribution >= 0.6 is 0 Å². The maximum atomic E-state index is 11.6. The lowest BCUT2D eigenvalue weighted by molar-refractivity contribution is -0.176. The Morgan fingerprint density at radius 3 is 2.06 bits per heavy atom. The highest BCUT2D eigenvalue weighted by atomic mass is 16.4. The first-order valence-corrected chi connectivity index (χ1v) is 5.69. The molecule has 0 aromatic rings. The summed E-state index contributed by atoms with van der Waals surface area (Å²) in [6.07, 6.45) is 2.54. The highest BCUT2D eigenvalue weighted by Crippen LogP contribution is 2.53. The quantitative estimate of drug-likeness (QED) is 0.761. The zero-order valence-electron chi connectivity index (χ0n) is 10.1. The molecule has 2 atom stereocenters. The first kappa shape index (κ1) is 13.0. The fraction of sp³-hybridized carbons (Fsp3) is 0.833. The first-order chi connectivity index (χ1) is 7.23. The average Bonchev–Trinajstić information content (AvgIpc) is 2.15. The van der Waals surface area contributed by atoms with Crippen LogP contribution in [0.25, 0.3) is 0 Å². The smallest absolute Gasteiger partial charge is 0.311 e. The van der Waals surface area contributed by atoms with E-state index in [1.807, 2.05) is 20.8 Å². The molecule has 92 valence electrons. The molecule has 1 saturated carbocycles. The van der Waals surface area contributed by atoms with Crippen molar-refractivity contribution in [2.75, 3.05) is 0 Å². The highest BCUT2D eigenvalue weighted by molar-refractivity contribution is 5.84. The molecule has 0 bridgehead atoms. The minimum Gasteiger partial charge on any atom is -0.481 e. The van der Waals surface area contributed by atoms with E-state index in [0.29, 0.717) is 12.8 Å². The van der Waals surface area contributed by atoms with Crippen molar-refractivity contribution in [2.24, 2.45) is 16.7 Å². The van der Waals surface area contributed by atoms with Gasteiger partial charge in [-0.05, 0) is 18.3 Å². The van der Waals surface area contributed by atoms with Gasteiger partial charge in [0, 0.05) is 0 Å². The van der Waals surface area contributed by atoms with Crippen molar-refractivity contribution in [3.63, 3.8) is 0 Å². The molecule has 1 fully saturated rings. The Kier molecular flexibility index (Phi) is 3.31. The van der Waals surface area contributed by atoms with Gasteiger partial charge in [0.2, 0.25) is 0 Å². The summed E-state index contributed by atoms with van der Waals surface area (Å²) in [7, 11) is 0. The van der Waals surface area contributed by atoms with Crippen LogP contribution < -0.4 is 0 Å². The Bertz CT molecular complexity index is 303. The molecule has 1 aliphatic carbocycles. The van der Waals surface area contributed by atoms with E-state index < -0.39 is 28.7 Å². The molecule has 2 unspecified atom stereocenters. The van der Waals surface area contributed by atoms with E-state index >= 15 is 0 Å². The van der Waals surface area contributed by atoms with Crippen LogP contribution in [0.5, 0.6) is 0 Å². The summed E-state index contributed by atoms with van der Waals surface area (Å²) in [5.41, 5.74) is -1.67. The van der Waals surface area contributed by atoms with Gasteiger partial charge in [-0.1, -0.05) is 33.6 Å². The monoisotopic (exact) mass is 228 g/mol. The molecule has 0 aromatic heterocycles. The van der Waals surface area contributed by atoms with Gasteiger partial charge in [-0.15, -0.1) is 0 Å². The molecule has 0 radical (unpaired) electrons. The van der Waals surface area contributed by atoms with Gasteiger partial charge in [-0.3, -0.25) is 9.59 Å². The molecule has 0 heterocycles. The lowest BCUT2D eigenvalue weighted by atomic mass is 9.54. The number of hydrogen-bond acceptors (Lipinski definition) is 2. The van der Waals surface area contributed by atoms with Gasteiger partial charge in [0.25, 0.3) is 0 Å². The van der Waals surface area contributed by atoms with Crippen LogP contribution in [-0.4, -0.2) is 22.2 Å². The molecule has 0 spiro atoms. The molecule has 0 saturated heterocycles. The number of rotatable bonds is 2. The van der Waals surface area contributed by atoms with Crippen LogP contribution in [-0.2, 0) is 9.59 Å². The number of carboxylic acid groups (broad SMARTS) is 2. The maximum absolute atomic E-state index is 11.6. The number of carboxylic acids is 2. The van der Waals surface area contributed by atoms with Crippen LogP contribution in [0.1, 0.15) is 46.5 Å². The minimum atomic E-state index is -1.13. The van der Waals surface area contributed by atoms with Gasteiger partial charge in [-0.2, -0.15) is 0 Å². The highest BCUT2D eigenvalue weighted by Gasteiger charge is 2.57. The third kappa shape index (κ3) is 1.81. The fourth-order valence-electron chi connectivity index (χ4n) is 2.98. The van der Waals surface area contributed by atoms with Crippen LogP contribution in [0.2, 0.25) is 0 Å². The summed E-state index contributed by atoms with van der Waals surface area (Å²) in [5.74, 6) is -2.71. The van der Waals surface area contributed by atoms with Crippen molar-refractivity contribution in [1.29, 1.82) is 0 Å². The Labute approximate surface area is 95.7 Å². The van der Waals surface area contributed by atoms with E-state index in [-0.39, 0.29) is 0 Å². The topological polar surface area (TPSA) is 74.6 Å². The van der Waals surface area contributed by atoms with Gasteiger partial charge >= 0.3 is 11.9 Å². The van der Waals surface area contributed by atoms with E-state index in [2.05, 4.69) is 0 Å². The SMILES string of the molecule is CC(C)(C)C1(C(=O)O)CCCCC1C(=O)O. The molecular weight excluding hydrogens is 208 g/mol. The van der Waals surface area contributed by atoms with Crippen molar-refractivity contribution < 1.29 is 19.8 Å². The molecule has 16 heavy (non-hydrogen) atoms. The van der Waals surface area contributed by atoms with E-state index in [1.165, 1.54) is 0 Å². The Hall–Kier alpha value is -1.06. The predicted molar refractivity (Wildman–Crippen MR) is 59.1 cm³/mol. The summed E-state index contributed by atoms with van der Waals surface area (Å²) in [6.45, 7) is 5.47. The Morgan fingerprint density at radius 2 is 1.75 bits per heavy atom.